The smallest absolute Gasteiger partial charge is 0.395 e. The first-order valence-corrected chi connectivity index (χ1v) is 15.0. The zero-order valence-electron chi connectivity index (χ0n) is 25.4. The number of nitrogens with zero attached hydrogens (tertiary/aromatic N) is 4. The van der Waals surface area contributed by atoms with Gasteiger partial charge < -0.3 is 20.8 Å². The van der Waals surface area contributed by atoms with Crippen molar-refractivity contribution in [2.75, 3.05) is 24.3 Å². The van der Waals surface area contributed by atoms with E-state index in [1.807, 2.05) is 30.3 Å². The third kappa shape index (κ3) is 5.78. The molecule has 47 heavy (non-hydrogen) atoms. The van der Waals surface area contributed by atoms with Crippen LogP contribution in [0.2, 0.25) is 5.02 Å². The Bertz CT molecular complexity index is 1920. The summed E-state index contributed by atoms with van der Waals surface area (Å²) in [6.07, 6.45) is -2.01. The Balaban J connectivity index is 1.46. The number of nitrogens with one attached hydrogen (secondary N) is 4. The number of nitriles is 1. The monoisotopic (exact) mass is 672 g/mol. The van der Waals surface area contributed by atoms with Crippen LogP contribution in [0.25, 0.3) is 21.7 Å². The summed E-state index contributed by atoms with van der Waals surface area (Å²) in [4.78, 5) is 8.60. The van der Waals surface area contributed by atoms with E-state index in [4.69, 9.17) is 16.3 Å². The molecule has 2 aromatic carbocycles. The third-order valence-corrected chi connectivity index (χ3v) is 8.97. The molecule has 1 aliphatic heterocycles. The quantitative estimate of drug-likeness (QED) is 0.128. The van der Waals surface area contributed by atoms with Crippen LogP contribution < -0.4 is 26.3 Å². The molecule has 0 radical (unpaired) electrons. The van der Waals surface area contributed by atoms with Gasteiger partial charge >= 0.3 is 6.18 Å². The van der Waals surface area contributed by atoms with Crippen LogP contribution in [0.15, 0.2) is 60.7 Å². The number of hydrogen-bond donors (Lipinski definition) is 4. The van der Waals surface area contributed by atoms with Gasteiger partial charge in [0.25, 0.3) is 6.43 Å². The Morgan fingerprint density at radius 1 is 1.13 bits per heavy atom. The summed E-state index contributed by atoms with van der Waals surface area (Å²) in [7, 11) is 1.51. The SMILES string of the molecule is COc1nccc2c([C@H](Nc3cc(Cl)c4ncc(C#N)c(NCC(C)(C)C(F)(F)F)c4c3)C3=CN(C4(C(F)F)CC4)NN3)cccc12. The van der Waals surface area contributed by atoms with E-state index in [-0.39, 0.29) is 21.8 Å². The van der Waals surface area contributed by atoms with Gasteiger partial charge in [-0.2, -0.15) is 18.4 Å². The summed E-state index contributed by atoms with van der Waals surface area (Å²) in [6.45, 7) is 1.61. The molecule has 4 N–H and O–H groups in total. The van der Waals surface area contributed by atoms with Gasteiger partial charge in [0.2, 0.25) is 5.88 Å². The second-order valence-electron chi connectivity index (χ2n) is 12.2. The summed E-state index contributed by atoms with van der Waals surface area (Å²) in [5, 5.41) is 19.5. The number of methoxy groups -OCH3 is 1. The molecule has 0 unspecified atom stereocenters. The first kappa shape index (κ1) is 32.3. The van der Waals surface area contributed by atoms with Crippen molar-refractivity contribution in [3.63, 3.8) is 0 Å². The lowest BCUT2D eigenvalue weighted by molar-refractivity contribution is -0.206. The maximum absolute atomic E-state index is 14.0. The van der Waals surface area contributed by atoms with Gasteiger partial charge in [0.05, 0.1) is 46.1 Å². The molecule has 0 amide bonds. The number of alkyl halides is 5. The van der Waals surface area contributed by atoms with Gasteiger partial charge in [-0.25, -0.2) is 13.8 Å². The van der Waals surface area contributed by atoms with Crippen LogP contribution in [-0.4, -0.2) is 46.8 Å². The first-order chi connectivity index (χ1) is 22.3. The zero-order chi connectivity index (χ0) is 33.7. The lowest BCUT2D eigenvalue weighted by Gasteiger charge is -2.29. The highest BCUT2D eigenvalue weighted by Crippen LogP contribution is 2.48. The predicted molar refractivity (Wildman–Crippen MR) is 169 cm³/mol. The maximum Gasteiger partial charge on any atom is 0.395 e. The lowest BCUT2D eigenvalue weighted by Crippen LogP contribution is -2.48. The van der Waals surface area contributed by atoms with Crippen molar-refractivity contribution in [2.24, 2.45) is 5.41 Å². The van der Waals surface area contributed by atoms with Crippen molar-refractivity contribution in [2.45, 2.75) is 50.9 Å². The second-order valence-corrected chi connectivity index (χ2v) is 12.6. The number of pyridine rings is 2. The van der Waals surface area contributed by atoms with Gasteiger partial charge in [-0.05, 0) is 61.9 Å². The van der Waals surface area contributed by atoms with E-state index < -0.39 is 36.1 Å². The van der Waals surface area contributed by atoms with Crippen LogP contribution >= 0.6 is 11.6 Å². The van der Waals surface area contributed by atoms with Gasteiger partial charge in [-0.3, -0.25) is 9.99 Å². The van der Waals surface area contributed by atoms with E-state index in [9.17, 15) is 27.2 Å². The number of rotatable bonds is 10. The molecular weight excluding hydrogens is 643 g/mol. The Morgan fingerprint density at radius 2 is 1.89 bits per heavy atom. The minimum Gasteiger partial charge on any atom is -0.481 e. The van der Waals surface area contributed by atoms with Crippen LogP contribution in [0.4, 0.5) is 33.3 Å². The van der Waals surface area contributed by atoms with E-state index in [0.29, 0.717) is 40.9 Å². The number of ether oxygens (including phenoxy) is 1. The standard InChI is InChI=1S/C32H30ClF5N8O/c1-30(2,32(36,37)38)16-42-25-17(13-39)14-41-26-22(25)11-18(12-23(26)33)43-27(24-15-46(45-44-24)31(8-9-31)29(34)35)20-5-4-6-21-19(20)7-10-40-28(21)47-3/h4-7,10-12,14-15,27,29,43-45H,8-9,16H2,1-3H3,(H,41,42)/t27-/m0/s1. The molecule has 0 spiro atoms. The van der Waals surface area contributed by atoms with Crippen molar-refractivity contribution in [1.82, 2.24) is 25.9 Å². The number of anilines is 2. The highest BCUT2D eigenvalue weighted by molar-refractivity contribution is 6.35. The summed E-state index contributed by atoms with van der Waals surface area (Å²) in [6, 6.07) is 11.9. The number of hydrazine groups is 2. The normalized spacial score (nSPS) is 16.5. The van der Waals surface area contributed by atoms with Gasteiger partial charge in [0.1, 0.15) is 11.6 Å². The summed E-state index contributed by atoms with van der Waals surface area (Å²) >= 11 is 6.69. The average Bonchev–Trinajstić information content (AvgIpc) is 3.71. The van der Waals surface area contributed by atoms with E-state index in [0.717, 1.165) is 24.8 Å². The number of benzene rings is 2. The summed E-state index contributed by atoms with van der Waals surface area (Å²) in [5.74, 6) is 0.396. The topological polar surface area (TPSA) is 110 Å². The van der Waals surface area contributed by atoms with Crippen LogP contribution in [0, 0.1) is 16.7 Å². The predicted octanol–water partition coefficient (Wildman–Crippen LogP) is 7.43. The molecule has 4 aromatic rings. The van der Waals surface area contributed by atoms with Gasteiger partial charge in [-0.15, -0.1) is 5.53 Å². The molecule has 1 saturated carbocycles. The van der Waals surface area contributed by atoms with E-state index in [2.05, 4.69) is 31.6 Å². The van der Waals surface area contributed by atoms with E-state index >= 15 is 0 Å². The van der Waals surface area contributed by atoms with Crippen molar-refractivity contribution in [3.8, 4) is 11.9 Å². The average molecular weight is 673 g/mol. The van der Waals surface area contributed by atoms with Crippen molar-refractivity contribution in [1.29, 1.82) is 5.26 Å². The van der Waals surface area contributed by atoms with E-state index in [1.165, 1.54) is 18.3 Å². The lowest BCUT2D eigenvalue weighted by atomic mass is 9.92. The molecule has 1 fully saturated rings. The van der Waals surface area contributed by atoms with Gasteiger partial charge in [-0.1, -0.05) is 23.7 Å². The molecule has 3 heterocycles. The molecule has 15 heteroatoms. The van der Waals surface area contributed by atoms with Crippen molar-refractivity contribution >= 4 is 44.7 Å². The number of aromatic nitrogens is 2. The minimum atomic E-state index is -4.50. The molecule has 2 aromatic heterocycles. The Morgan fingerprint density at radius 3 is 2.55 bits per heavy atom. The molecule has 246 valence electrons. The summed E-state index contributed by atoms with van der Waals surface area (Å²) < 4.78 is 74.6. The highest BCUT2D eigenvalue weighted by Gasteiger charge is 2.56. The molecule has 1 atom stereocenters. The molecule has 2 aliphatic rings. The van der Waals surface area contributed by atoms with Gasteiger partial charge in [0, 0.05) is 41.6 Å². The molecular formula is C32H30ClF5N8O. The van der Waals surface area contributed by atoms with Crippen LogP contribution in [0.3, 0.4) is 0 Å². The fourth-order valence-corrected chi connectivity index (χ4v) is 5.81. The largest absolute Gasteiger partial charge is 0.481 e. The molecule has 0 bridgehead atoms. The van der Waals surface area contributed by atoms with Crippen molar-refractivity contribution < 1.29 is 26.7 Å². The maximum atomic E-state index is 14.0. The minimum absolute atomic E-state index is 0.0376. The second kappa shape index (κ2) is 11.9. The third-order valence-electron chi connectivity index (χ3n) is 8.69. The fourth-order valence-electron chi connectivity index (χ4n) is 5.54. The van der Waals surface area contributed by atoms with Crippen molar-refractivity contribution in [3.05, 3.63) is 76.8 Å². The Hall–Kier alpha value is -4.61. The Labute approximate surface area is 271 Å². The number of halogens is 6. The molecule has 9 nitrogen and oxygen atoms in total. The molecule has 0 saturated heterocycles. The van der Waals surface area contributed by atoms with Crippen LogP contribution in [-0.2, 0) is 0 Å². The van der Waals surface area contributed by atoms with Gasteiger partial charge in [0.15, 0.2) is 0 Å². The van der Waals surface area contributed by atoms with Crippen LogP contribution in [0.5, 0.6) is 5.88 Å². The highest BCUT2D eigenvalue weighted by atomic mass is 35.5. The summed E-state index contributed by atoms with van der Waals surface area (Å²) in [5.41, 5.74) is 4.59. The first-order valence-electron chi connectivity index (χ1n) is 14.6. The zero-order valence-corrected chi connectivity index (χ0v) is 26.2. The molecule has 6 rings (SSSR count). The fraction of sp³-hybridized carbons (Fsp3) is 0.344. The number of hydrogen-bond acceptors (Lipinski definition) is 9. The molecule has 1 aliphatic carbocycles. The van der Waals surface area contributed by atoms with Crippen LogP contribution in [0.1, 0.15) is 43.9 Å². The van der Waals surface area contributed by atoms with E-state index in [1.54, 1.807) is 24.5 Å². The Kier molecular flexibility index (Phi) is 8.17. The number of fused-ring (bicyclic) bond motifs is 2.